The lowest BCUT2D eigenvalue weighted by molar-refractivity contribution is -0.121. The van der Waals surface area contributed by atoms with Gasteiger partial charge in [0.2, 0.25) is 5.91 Å². The maximum Gasteiger partial charge on any atom is 0.220 e. The van der Waals surface area contributed by atoms with Crippen molar-refractivity contribution in [2.45, 2.75) is 45.1 Å². The van der Waals surface area contributed by atoms with Gasteiger partial charge in [-0.1, -0.05) is 12.8 Å². The van der Waals surface area contributed by atoms with Gasteiger partial charge in [0.1, 0.15) is 0 Å². The summed E-state index contributed by atoms with van der Waals surface area (Å²) >= 11 is 0. The van der Waals surface area contributed by atoms with Crippen molar-refractivity contribution in [2.24, 2.45) is 5.73 Å². The van der Waals surface area contributed by atoms with Crippen molar-refractivity contribution in [3.63, 3.8) is 0 Å². The summed E-state index contributed by atoms with van der Waals surface area (Å²) in [4.78, 5) is 15.7. The molecule has 18 heavy (non-hydrogen) atoms. The van der Waals surface area contributed by atoms with Gasteiger partial charge in [-0.25, -0.2) is 0 Å². The first-order chi connectivity index (χ1) is 8.74. The predicted octanol–water partition coefficient (Wildman–Crippen LogP) is 2.17. The summed E-state index contributed by atoms with van der Waals surface area (Å²) in [5.74, 6) is 0.118. The second kappa shape index (κ2) is 8.64. The normalized spacial score (nSPS) is 12.1. The number of carbonyl (C=O) groups is 1. The fourth-order valence-electron chi connectivity index (χ4n) is 1.83. The lowest BCUT2D eigenvalue weighted by Gasteiger charge is -2.13. The number of pyridine rings is 1. The molecule has 0 saturated heterocycles. The van der Waals surface area contributed by atoms with Crippen molar-refractivity contribution in [3.05, 3.63) is 30.1 Å². The minimum Gasteiger partial charge on any atom is -0.350 e. The van der Waals surface area contributed by atoms with Gasteiger partial charge in [0.25, 0.3) is 0 Å². The summed E-state index contributed by atoms with van der Waals surface area (Å²) in [6, 6.07) is 3.89. The van der Waals surface area contributed by atoms with Crippen molar-refractivity contribution in [3.8, 4) is 0 Å². The highest BCUT2D eigenvalue weighted by molar-refractivity contribution is 5.76. The minimum atomic E-state index is 0.0459. The monoisotopic (exact) mass is 249 g/mol. The van der Waals surface area contributed by atoms with Crippen molar-refractivity contribution in [1.29, 1.82) is 0 Å². The third-order valence-electron chi connectivity index (χ3n) is 2.94. The second-order valence-corrected chi connectivity index (χ2v) is 4.52. The van der Waals surface area contributed by atoms with Crippen LogP contribution in [0.4, 0.5) is 0 Å². The molecule has 100 valence electrons. The molecule has 0 bridgehead atoms. The highest BCUT2D eigenvalue weighted by atomic mass is 16.1. The van der Waals surface area contributed by atoms with Crippen LogP contribution in [0.1, 0.15) is 50.6 Å². The van der Waals surface area contributed by atoms with Crippen LogP contribution >= 0.6 is 0 Å². The Hall–Kier alpha value is -1.42. The van der Waals surface area contributed by atoms with Gasteiger partial charge in [0, 0.05) is 18.8 Å². The molecular weight excluding hydrogens is 226 g/mol. The molecule has 1 aromatic rings. The van der Waals surface area contributed by atoms with Gasteiger partial charge in [-0.3, -0.25) is 9.78 Å². The lowest BCUT2D eigenvalue weighted by atomic mass is 10.1. The standard InChI is InChI=1S/C14H23N3O/c1-12(13-7-10-16-11-8-13)17-14(18)6-4-2-3-5-9-15/h7-8,10-12H,2-6,9,15H2,1H3,(H,17,18)/t12-/m0/s1. The zero-order valence-electron chi connectivity index (χ0n) is 11.1. The maximum atomic E-state index is 11.7. The van der Waals surface area contributed by atoms with Gasteiger partial charge in [-0.15, -0.1) is 0 Å². The molecule has 0 aliphatic rings. The predicted molar refractivity (Wildman–Crippen MR) is 72.9 cm³/mol. The van der Waals surface area contributed by atoms with E-state index in [2.05, 4.69) is 10.3 Å². The molecule has 0 spiro atoms. The number of hydrogen-bond acceptors (Lipinski definition) is 3. The number of nitrogens with zero attached hydrogens (tertiary/aromatic N) is 1. The molecule has 1 aromatic heterocycles. The third-order valence-corrected chi connectivity index (χ3v) is 2.94. The molecule has 3 N–H and O–H groups in total. The summed E-state index contributed by atoms with van der Waals surface area (Å²) in [5, 5.41) is 3.00. The van der Waals surface area contributed by atoms with Gasteiger partial charge in [0.15, 0.2) is 0 Å². The van der Waals surface area contributed by atoms with Crippen LogP contribution in [-0.4, -0.2) is 17.4 Å². The molecule has 0 aliphatic carbocycles. The first-order valence-electron chi connectivity index (χ1n) is 6.63. The molecule has 1 atom stereocenters. The van der Waals surface area contributed by atoms with Crippen molar-refractivity contribution in [1.82, 2.24) is 10.3 Å². The van der Waals surface area contributed by atoms with Crippen LogP contribution in [0.2, 0.25) is 0 Å². The summed E-state index contributed by atoms with van der Waals surface area (Å²) in [5.41, 5.74) is 6.50. The zero-order valence-corrected chi connectivity index (χ0v) is 11.1. The summed E-state index contributed by atoms with van der Waals surface area (Å²) < 4.78 is 0. The van der Waals surface area contributed by atoms with E-state index in [9.17, 15) is 4.79 Å². The minimum absolute atomic E-state index is 0.0459. The van der Waals surface area contributed by atoms with E-state index in [0.29, 0.717) is 6.42 Å². The Kier molecular flexibility index (Phi) is 7.03. The van der Waals surface area contributed by atoms with Gasteiger partial charge in [-0.05, 0) is 44.0 Å². The lowest BCUT2D eigenvalue weighted by Crippen LogP contribution is -2.26. The average molecular weight is 249 g/mol. The number of nitrogens with one attached hydrogen (secondary N) is 1. The smallest absolute Gasteiger partial charge is 0.220 e. The Morgan fingerprint density at radius 3 is 2.61 bits per heavy atom. The Labute approximate surface area is 109 Å². The molecule has 0 aromatic carbocycles. The number of hydrogen-bond donors (Lipinski definition) is 2. The van der Waals surface area contributed by atoms with E-state index < -0.39 is 0 Å². The largest absolute Gasteiger partial charge is 0.350 e. The average Bonchev–Trinajstić information content (AvgIpc) is 2.39. The maximum absolute atomic E-state index is 11.7. The van der Waals surface area contributed by atoms with Crippen LogP contribution in [-0.2, 0) is 4.79 Å². The van der Waals surface area contributed by atoms with Gasteiger partial charge in [0.05, 0.1) is 6.04 Å². The van der Waals surface area contributed by atoms with Crippen LogP contribution in [0.3, 0.4) is 0 Å². The second-order valence-electron chi connectivity index (χ2n) is 4.52. The highest BCUT2D eigenvalue weighted by Crippen LogP contribution is 2.11. The summed E-state index contributed by atoms with van der Waals surface area (Å²) in [7, 11) is 0. The van der Waals surface area contributed by atoms with E-state index >= 15 is 0 Å². The number of carbonyl (C=O) groups excluding carboxylic acids is 1. The summed E-state index contributed by atoms with van der Waals surface area (Å²) in [6.45, 7) is 2.73. The quantitative estimate of drug-likeness (QED) is 0.694. The molecule has 0 aliphatic heterocycles. The van der Waals surface area contributed by atoms with E-state index in [4.69, 9.17) is 5.73 Å². The SMILES string of the molecule is C[C@H](NC(=O)CCCCCCN)c1ccncc1. The van der Waals surface area contributed by atoms with Gasteiger partial charge < -0.3 is 11.1 Å². The van der Waals surface area contributed by atoms with Gasteiger partial charge in [-0.2, -0.15) is 0 Å². The molecule has 0 unspecified atom stereocenters. The summed E-state index contributed by atoms with van der Waals surface area (Å²) in [6.07, 6.45) is 8.26. The Bertz CT molecular complexity index is 340. The van der Waals surface area contributed by atoms with Crippen molar-refractivity contribution < 1.29 is 4.79 Å². The van der Waals surface area contributed by atoms with Crippen LogP contribution in [0.15, 0.2) is 24.5 Å². The van der Waals surface area contributed by atoms with Crippen LogP contribution < -0.4 is 11.1 Å². The van der Waals surface area contributed by atoms with Crippen LogP contribution in [0, 0.1) is 0 Å². The van der Waals surface area contributed by atoms with E-state index in [1.165, 1.54) is 0 Å². The van der Waals surface area contributed by atoms with E-state index in [0.717, 1.165) is 37.8 Å². The first-order valence-corrected chi connectivity index (χ1v) is 6.63. The molecule has 4 heteroatoms. The van der Waals surface area contributed by atoms with Crippen molar-refractivity contribution in [2.75, 3.05) is 6.54 Å². The fraction of sp³-hybridized carbons (Fsp3) is 0.571. The number of amides is 1. The molecule has 0 radical (unpaired) electrons. The number of aromatic nitrogens is 1. The van der Waals surface area contributed by atoms with E-state index in [1.807, 2.05) is 19.1 Å². The molecule has 4 nitrogen and oxygen atoms in total. The Morgan fingerprint density at radius 1 is 1.28 bits per heavy atom. The number of nitrogens with two attached hydrogens (primary N) is 1. The molecule has 1 rings (SSSR count). The first kappa shape index (κ1) is 14.6. The van der Waals surface area contributed by atoms with Crippen LogP contribution in [0.5, 0.6) is 0 Å². The van der Waals surface area contributed by atoms with Gasteiger partial charge >= 0.3 is 0 Å². The number of unbranched alkanes of at least 4 members (excludes halogenated alkanes) is 3. The molecule has 1 amide bonds. The fourth-order valence-corrected chi connectivity index (χ4v) is 1.83. The zero-order chi connectivity index (χ0) is 13.2. The number of rotatable bonds is 8. The Balaban J connectivity index is 2.20. The van der Waals surface area contributed by atoms with Crippen LogP contribution in [0.25, 0.3) is 0 Å². The third kappa shape index (κ3) is 5.77. The highest BCUT2D eigenvalue weighted by Gasteiger charge is 2.08. The van der Waals surface area contributed by atoms with Crippen molar-refractivity contribution >= 4 is 5.91 Å². The molecule has 1 heterocycles. The van der Waals surface area contributed by atoms with E-state index in [-0.39, 0.29) is 11.9 Å². The molecule has 0 saturated carbocycles. The molecule has 0 fully saturated rings. The topological polar surface area (TPSA) is 68.0 Å². The molecular formula is C14H23N3O. The van der Waals surface area contributed by atoms with E-state index in [1.54, 1.807) is 12.4 Å². The Morgan fingerprint density at radius 2 is 1.94 bits per heavy atom.